The van der Waals surface area contributed by atoms with Gasteiger partial charge in [0.1, 0.15) is 5.82 Å². The Labute approximate surface area is 200 Å². The van der Waals surface area contributed by atoms with Crippen LogP contribution in [0.4, 0.5) is 16.0 Å². The van der Waals surface area contributed by atoms with Crippen LogP contribution in [0.15, 0.2) is 18.3 Å². The Morgan fingerprint density at radius 2 is 2.00 bits per heavy atom. The van der Waals surface area contributed by atoms with Gasteiger partial charge < -0.3 is 15.5 Å². The van der Waals surface area contributed by atoms with E-state index in [1.165, 1.54) is 10.6 Å². The molecule has 35 heavy (non-hydrogen) atoms. The fraction of sp³-hybridized carbons (Fsp3) is 0.391. The summed E-state index contributed by atoms with van der Waals surface area (Å²) in [5.74, 6) is 6.60. The normalized spacial score (nSPS) is 18.0. The monoisotopic (exact) mass is 476 g/mol. The number of nitrogens with one attached hydrogen (secondary N) is 1. The van der Waals surface area contributed by atoms with E-state index in [9.17, 15) is 4.39 Å². The fourth-order valence-corrected chi connectivity index (χ4v) is 4.68. The van der Waals surface area contributed by atoms with Gasteiger partial charge in [-0.3, -0.25) is 4.90 Å². The van der Waals surface area contributed by atoms with E-state index in [2.05, 4.69) is 47.3 Å². The zero-order chi connectivity index (χ0) is 24.1. The number of nitrogen functional groups attached to an aromatic ring is 1. The summed E-state index contributed by atoms with van der Waals surface area (Å²) in [6, 6.07) is 3.42. The average molecular weight is 477 g/mol. The second kappa shape index (κ2) is 8.37. The van der Waals surface area contributed by atoms with Gasteiger partial charge in [-0.15, -0.1) is 10.6 Å². The smallest absolute Gasteiger partial charge is 0.226 e. The van der Waals surface area contributed by atoms with E-state index in [1.807, 2.05) is 17.7 Å². The number of anilines is 2. The van der Waals surface area contributed by atoms with Crippen molar-refractivity contribution in [2.45, 2.75) is 26.4 Å². The molecule has 5 heterocycles. The summed E-state index contributed by atoms with van der Waals surface area (Å²) in [4.78, 5) is 18.8. The van der Waals surface area contributed by atoms with E-state index in [1.54, 1.807) is 13.1 Å². The number of halogens is 1. The Bertz CT molecular complexity index is 1490. The van der Waals surface area contributed by atoms with Crippen molar-refractivity contribution >= 4 is 28.3 Å². The van der Waals surface area contributed by atoms with Crippen LogP contribution in [0.3, 0.4) is 0 Å². The molecule has 2 aliphatic heterocycles. The number of piperazine rings is 1. The minimum absolute atomic E-state index is 0.0438. The van der Waals surface area contributed by atoms with Gasteiger partial charge >= 0.3 is 0 Å². The Kier molecular flexibility index (Phi) is 5.16. The molecule has 0 spiro atoms. The van der Waals surface area contributed by atoms with Crippen molar-refractivity contribution in [1.29, 1.82) is 0 Å². The summed E-state index contributed by atoms with van der Waals surface area (Å²) in [7, 11) is 0. The molecule has 11 nitrogen and oxygen atoms in total. The highest BCUT2D eigenvalue weighted by molar-refractivity contribution is 5.89. The van der Waals surface area contributed by atoms with Gasteiger partial charge in [-0.25, -0.2) is 9.07 Å². The molecule has 12 heteroatoms. The minimum atomic E-state index is -0.257. The first-order valence-electron chi connectivity index (χ1n) is 11.6. The lowest BCUT2D eigenvalue weighted by atomic mass is 10.1. The van der Waals surface area contributed by atoms with Crippen molar-refractivity contribution in [3.05, 3.63) is 35.5 Å². The first-order valence-corrected chi connectivity index (χ1v) is 11.6. The number of aromatic nitrogens is 6. The summed E-state index contributed by atoms with van der Waals surface area (Å²) in [5.41, 5.74) is 11.9. The lowest BCUT2D eigenvalue weighted by Crippen LogP contribution is -2.47. The molecule has 0 amide bonds. The van der Waals surface area contributed by atoms with E-state index in [-0.39, 0.29) is 17.8 Å². The molecule has 0 saturated carbocycles. The molecular formula is C23H25FN10O. The van der Waals surface area contributed by atoms with Crippen LogP contribution in [0.25, 0.3) is 16.7 Å². The molecule has 1 aromatic carbocycles. The molecule has 3 aromatic heterocycles. The quantitative estimate of drug-likeness (QED) is 0.421. The Balaban J connectivity index is 1.14. The molecule has 1 unspecified atom stereocenters. The molecule has 4 aromatic rings. The topological polar surface area (TPSA) is 115 Å². The SMILES string of the molecule is CC#Cc1nc2c3cnn(CCN4CCN(c5cc6c(cc5F)ONC6C)CC4)c3nc(N)n2n1. The number of fused-ring (bicyclic) bond motifs is 4. The molecule has 0 aliphatic carbocycles. The number of rotatable bonds is 4. The first-order chi connectivity index (χ1) is 17.0. The van der Waals surface area contributed by atoms with E-state index in [0.29, 0.717) is 35.1 Å². The van der Waals surface area contributed by atoms with Gasteiger partial charge in [-0.2, -0.15) is 19.6 Å². The standard InChI is InChI=1S/C23H25FN10O/c1-3-4-20-27-22-16-13-26-33(21(16)28-23(25)34(22)29-20)10-7-31-5-8-32(9-6-31)18-11-15-14(2)30-35-19(15)12-17(18)24/h11-14,30H,5-10H2,1-2H3,(H2,25,28). The highest BCUT2D eigenvalue weighted by Crippen LogP contribution is 2.36. The maximum Gasteiger partial charge on any atom is 0.226 e. The van der Waals surface area contributed by atoms with Crippen LogP contribution in [0.1, 0.15) is 31.3 Å². The predicted molar refractivity (Wildman–Crippen MR) is 128 cm³/mol. The van der Waals surface area contributed by atoms with E-state index < -0.39 is 0 Å². The molecule has 6 rings (SSSR count). The molecule has 2 aliphatic rings. The summed E-state index contributed by atoms with van der Waals surface area (Å²) < 4.78 is 18.0. The number of nitrogens with two attached hydrogens (primary N) is 1. The number of benzene rings is 1. The highest BCUT2D eigenvalue weighted by atomic mass is 19.1. The third kappa shape index (κ3) is 3.69. The number of nitrogens with zero attached hydrogens (tertiary/aromatic N) is 8. The summed E-state index contributed by atoms with van der Waals surface area (Å²) >= 11 is 0. The number of hydrogen-bond acceptors (Lipinski definition) is 9. The maximum absolute atomic E-state index is 14.7. The van der Waals surface area contributed by atoms with Crippen LogP contribution in [0.2, 0.25) is 0 Å². The van der Waals surface area contributed by atoms with Gasteiger partial charge in [0.25, 0.3) is 0 Å². The van der Waals surface area contributed by atoms with Crippen LogP contribution in [-0.4, -0.2) is 67.0 Å². The lowest BCUT2D eigenvalue weighted by molar-refractivity contribution is 0.200. The number of hydrogen-bond donors (Lipinski definition) is 2. The number of hydroxylamine groups is 1. The molecule has 1 fully saturated rings. The van der Waals surface area contributed by atoms with Gasteiger partial charge in [0.2, 0.25) is 11.8 Å². The van der Waals surface area contributed by atoms with Crippen molar-refractivity contribution in [3.63, 3.8) is 0 Å². The van der Waals surface area contributed by atoms with E-state index >= 15 is 0 Å². The van der Waals surface area contributed by atoms with Gasteiger partial charge in [-0.05, 0) is 25.8 Å². The zero-order valence-electron chi connectivity index (χ0n) is 19.5. The molecular weight excluding hydrogens is 451 g/mol. The average Bonchev–Trinajstić information content (AvgIpc) is 3.55. The van der Waals surface area contributed by atoms with Crippen molar-refractivity contribution in [3.8, 4) is 17.6 Å². The molecule has 0 radical (unpaired) electrons. The summed E-state index contributed by atoms with van der Waals surface area (Å²) in [6.07, 6.45) is 1.74. The Morgan fingerprint density at radius 1 is 1.17 bits per heavy atom. The second-order valence-electron chi connectivity index (χ2n) is 8.73. The highest BCUT2D eigenvalue weighted by Gasteiger charge is 2.26. The third-order valence-electron chi connectivity index (χ3n) is 6.57. The Morgan fingerprint density at radius 3 is 2.80 bits per heavy atom. The van der Waals surface area contributed by atoms with Gasteiger partial charge in [0, 0.05) is 44.4 Å². The van der Waals surface area contributed by atoms with Crippen molar-refractivity contribution in [2.24, 2.45) is 0 Å². The molecule has 180 valence electrons. The maximum atomic E-state index is 14.7. The Hall–Kier alpha value is -3.95. The van der Waals surface area contributed by atoms with Crippen molar-refractivity contribution in [1.82, 2.24) is 39.7 Å². The van der Waals surface area contributed by atoms with Gasteiger partial charge in [0.05, 0.1) is 29.9 Å². The lowest BCUT2D eigenvalue weighted by Gasteiger charge is -2.36. The largest absolute Gasteiger partial charge is 0.408 e. The fourth-order valence-electron chi connectivity index (χ4n) is 4.68. The predicted octanol–water partition coefficient (Wildman–Crippen LogP) is 1.35. The zero-order valence-corrected chi connectivity index (χ0v) is 19.5. The second-order valence-corrected chi connectivity index (χ2v) is 8.73. The van der Waals surface area contributed by atoms with Crippen molar-refractivity contribution < 1.29 is 9.23 Å². The summed E-state index contributed by atoms with van der Waals surface area (Å²) in [6.45, 7) is 8.30. The van der Waals surface area contributed by atoms with E-state index in [0.717, 1.165) is 43.7 Å². The van der Waals surface area contributed by atoms with Gasteiger partial charge in [-0.1, -0.05) is 5.92 Å². The minimum Gasteiger partial charge on any atom is -0.408 e. The third-order valence-corrected chi connectivity index (χ3v) is 6.57. The van der Waals surface area contributed by atoms with E-state index in [4.69, 9.17) is 10.6 Å². The van der Waals surface area contributed by atoms with Crippen LogP contribution in [-0.2, 0) is 6.54 Å². The molecule has 1 atom stereocenters. The van der Waals surface area contributed by atoms with Crippen LogP contribution in [0, 0.1) is 17.7 Å². The first kappa shape index (κ1) is 21.6. The van der Waals surface area contributed by atoms with Crippen LogP contribution in [0.5, 0.6) is 5.75 Å². The summed E-state index contributed by atoms with van der Waals surface area (Å²) in [5, 5.41) is 9.60. The molecule has 3 N–H and O–H groups in total. The molecule has 1 saturated heterocycles. The van der Waals surface area contributed by atoms with Crippen molar-refractivity contribution in [2.75, 3.05) is 43.4 Å². The molecule has 0 bridgehead atoms. The van der Waals surface area contributed by atoms with Crippen LogP contribution < -0.4 is 21.0 Å². The van der Waals surface area contributed by atoms with Crippen LogP contribution >= 0.6 is 0 Å². The van der Waals surface area contributed by atoms with Gasteiger partial charge in [0.15, 0.2) is 17.0 Å².